The van der Waals surface area contributed by atoms with Crippen molar-refractivity contribution in [3.8, 4) is 11.5 Å². The van der Waals surface area contributed by atoms with Crippen LogP contribution in [0.2, 0.25) is 0 Å². The van der Waals surface area contributed by atoms with Gasteiger partial charge in [-0.3, -0.25) is 9.69 Å². The number of likely N-dealkylation sites (tertiary alicyclic amines) is 1. The Morgan fingerprint density at radius 1 is 1.38 bits per heavy atom. The molecule has 1 aromatic rings. The second kappa shape index (κ2) is 7.13. The fourth-order valence-corrected chi connectivity index (χ4v) is 3.18. The molecule has 5 nitrogen and oxygen atoms in total. The summed E-state index contributed by atoms with van der Waals surface area (Å²) in [4.78, 5) is 13.0. The van der Waals surface area contributed by atoms with Crippen LogP contribution in [0.1, 0.15) is 18.4 Å². The number of aliphatic carboxylic acids is 1. The van der Waals surface area contributed by atoms with Gasteiger partial charge in [0.05, 0.1) is 14.2 Å². The van der Waals surface area contributed by atoms with Crippen molar-refractivity contribution in [3.05, 3.63) is 22.2 Å². The van der Waals surface area contributed by atoms with Crippen LogP contribution in [0.5, 0.6) is 11.5 Å². The van der Waals surface area contributed by atoms with Crippen molar-refractivity contribution in [2.75, 3.05) is 27.3 Å². The van der Waals surface area contributed by atoms with E-state index >= 15 is 0 Å². The zero-order chi connectivity index (χ0) is 15.4. The largest absolute Gasteiger partial charge is 0.493 e. The molecule has 1 aliphatic heterocycles. The molecular weight excluding hydrogens is 338 g/mol. The predicted molar refractivity (Wildman–Crippen MR) is 82.9 cm³/mol. The molecule has 1 aliphatic rings. The van der Waals surface area contributed by atoms with Gasteiger partial charge in [-0.2, -0.15) is 0 Å². The lowest BCUT2D eigenvalue weighted by Gasteiger charge is -2.18. The maximum Gasteiger partial charge on any atom is 0.303 e. The Balaban J connectivity index is 2.05. The van der Waals surface area contributed by atoms with Gasteiger partial charge in [-0.05, 0) is 36.6 Å². The summed E-state index contributed by atoms with van der Waals surface area (Å²) in [6.07, 6.45) is 1.20. The van der Waals surface area contributed by atoms with Crippen molar-refractivity contribution in [1.29, 1.82) is 0 Å². The van der Waals surface area contributed by atoms with Gasteiger partial charge in [0.25, 0.3) is 0 Å². The standard InChI is InChI=1S/C15H20BrNO4/c1-20-13-6-11(12(16)7-14(13)21-2)9-17-4-3-10(8-17)5-15(18)19/h6-7,10H,3-5,8-9H2,1-2H3,(H,18,19). The van der Waals surface area contributed by atoms with Gasteiger partial charge in [-0.1, -0.05) is 15.9 Å². The Bertz CT molecular complexity index is 521. The third-order valence-electron chi connectivity index (χ3n) is 3.78. The first kappa shape index (κ1) is 16.1. The van der Waals surface area contributed by atoms with E-state index in [1.165, 1.54) is 0 Å². The highest BCUT2D eigenvalue weighted by Gasteiger charge is 2.25. The molecule has 21 heavy (non-hydrogen) atoms. The summed E-state index contributed by atoms with van der Waals surface area (Å²) in [5, 5.41) is 8.86. The number of halogens is 1. The van der Waals surface area contributed by atoms with Gasteiger partial charge in [0.1, 0.15) is 0 Å². The van der Waals surface area contributed by atoms with E-state index in [1.807, 2.05) is 12.1 Å². The molecule has 0 bridgehead atoms. The van der Waals surface area contributed by atoms with Crippen LogP contribution in [0.3, 0.4) is 0 Å². The number of hydrogen-bond acceptors (Lipinski definition) is 4. The third-order valence-corrected chi connectivity index (χ3v) is 4.52. The number of nitrogens with zero attached hydrogens (tertiary/aromatic N) is 1. The van der Waals surface area contributed by atoms with E-state index in [0.717, 1.165) is 36.1 Å². The fraction of sp³-hybridized carbons (Fsp3) is 0.533. The number of rotatable bonds is 6. The number of carboxylic acid groups (broad SMARTS) is 1. The Labute approximate surface area is 133 Å². The minimum atomic E-state index is -0.714. The zero-order valence-corrected chi connectivity index (χ0v) is 13.9. The van der Waals surface area contributed by atoms with Crippen LogP contribution in [-0.2, 0) is 11.3 Å². The summed E-state index contributed by atoms with van der Waals surface area (Å²) < 4.78 is 11.6. The molecule has 2 rings (SSSR count). The van der Waals surface area contributed by atoms with Crippen molar-refractivity contribution >= 4 is 21.9 Å². The number of benzene rings is 1. The molecule has 1 heterocycles. The summed E-state index contributed by atoms with van der Waals surface area (Å²) in [5.74, 6) is 0.936. The minimum Gasteiger partial charge on any atom is -0.493 e. The maximum atomic E-state index is 10.8. The highest BCUT2D eigenvalue weighted by molar-refractivity contribution is 9.10. The summed E-state index contributed by atoms with van der Waals surface area (Å²) in [6.45, 7) is 2.53. The van der Waals surface area contributed by atoms with Crippen LogP contribution in [0, 0.1) is 5.92 Å². The van der Waals surface area contributed by atoms with E-state index in [1.54, 1.807) is 14.2 Å². The Hall–Kier alpha value is -1.27. The summed E-state index contributed by atoms with van der Waals surface area (Å²) >= 11 is 3.56. The zero-order valence-electron chi connectivity index (χ0n) is 12.3. The van der Waals surface area contributed by atoms with Crippen LogP contribution in [-0.4, -0.2) is 43.3 Å². The first-order valence-electron chi connectivity index (χ1n) is 6.88. The van der Waals surface area contributed by atoms with Crippen molar-refractivity contribution < 1.29 is 19.4 Å². The highest BCUT2D eigenvalue weighted by Crippen LogP contribution is 2.34. The van der Waals surface area contributed by atoms with Gasteiger partial charge in [0, 0.05) is 24.0 Å². The molecule has 0 amide bonds. The number of carbonyl (C=O) groups is 1. The third kappa shape index (κ3) is 4.11. The first-order valence-corrected chi connectivity index (χ1v) is 7.67. The van der Waals surface area contributed by atoms with Crippen molar-refractivity contribution in [3.63, 3.8) is 0 Å². The van der Waals surface area contributed by atoms with Gasteiger partial charge >= 0.3 is 5.97 Å². The first-order chi connectivity index (χ1) is 10.0. The monoisotopic (exact) mass is 357 g/mol. The lowest BCUT2D eigenvalue weighted by atomic mass is 10.1. The Morgan fingerprint density at radius 3 is 2.67 bits per heavy atom. The minimum absolute atomic E-state index is 0.251. The van der Waals surface area contributed by atoms with Crippen molar-refractivity contribution in [2.24, 2.45) is 5.92 Å². The van der Waals surface area contributed by atoms with Gasteiger partial charge < -0.3 is 14.6 Å². The summed E-state index contributed by atoms with van der Waals surface area (Å²) in [5.41, 5.74) is 1.11. The molecular formula is C15H20BrNO4. The van der Waals surface area contributed by atoms with E-state index < -0.39 is 5.97 Å². The molecule has 1 N–H and O–H groups in total. The molecule has 1 atom stereocenters. The molecule has 1 fully saturated rings. The number of carboxylic acids is 1. The fourth-order valence-electron chi connectivity index (χ4n) is 2.73. The van der Waals surface area contributed by atoms with E-state index in [4.69, 9.17) is 14.6 Å². The lowest BCUT2D eigenvalue weighted by Crippen LogP contribution is -2.21. The average Bonchev–Trinajstić information content (AvgIpc) is 2.87. The van der Waals surface area contributed by atoms with Crippen molar-refractivity contribution in [2.45, 2.75) is 19.4 Å². The van der Waals surface area contributed by atoms with Crippen LogP contribution < -0.4 is 9.47 Å². The summed E-state index contributed by atoms with van der Waals surface area (Å²) in [6, 6.07) is 3.87. The van der Waals surface area contributed by atoms with Gasteiger partial charge in [-0.25, -0.2) is 0 Å². The molecule has 116 valence electrons. The SMILES string of the molecule is COc1cc(Br)c(CN2CCC(CC(=O)O)C2)cc1OC. The molecule has 6 heteroatoms. The number of hydrogen-bond donors (Lipinski definition) is 1. The molecule has 0 spiro atoms. The molecule has 0 saturated carbocycles. The topological polar surface area (TPSA) is 59.0 Å². The number of ether oxygens (including phenoxy) is 2. The normalized spacial score (nSPS) is 18.7. The summed E-state index contributed by atoms with van der Waals surface area (Å²) in [7, 11) is 3.23. The second-order valence-corrected chi connectivity index (χ2v) is 6.14. The Morgan fingerprint density at radius 2 is 2.05 bits per heavy atom. The molecule has 1 aromatic carbocycles. The average molecular weight is 358 g/mol. The van der Waals surface area contributed by atoms with E-state index in [2.05, 4.69) is 20.8 Å². The van der Waals surface area contributed by atoms with Crippen LogP contribution in [0.4, 0.5) is 0 Å². The quantitative estimate of drug-likeness (QED) is 0.848. The van der Waals surface area contributed by atoms with Gasteiger partial charge in [0.2, 0.25) is 0 Å². The predicted octanol–water partition coefficient (Wildman–Crippen LogP) is 2.76. The maximum absolute atomic E-state index is 10.8. The van der Waals surface area contributed by atoms with E-state index in [-0.39, 0.29) is 12.3 Å². The molecule has 0 radical (unpaired) electrons. The second-order valence-electron chi connectivity index (χ2n) is 5.29. The molecule has 1 saturated heterocycles. The lowest BCUT2D eigenvalue weighted by molar-refractivity contribution is -0.138. The smallest absolute Gasteiger partial charge is 0.303 e. The Kier molecular flexibility index (Phi) is 5.47. The number of methoxy groups -OCH3 is 2. The van der Waals surface area contributed by atoms with Crippen molar-refractivity contribution in [1.82, 2.24) is 4.90 Å². The van der Waals surface area contributed by atoms with Gasteiger partial charge in [0.15, 0.2) is 11.5 Å². The molecule has 1 unspecified atom stereocenters. The van der Waals surface area contributed by atoms with Crippen LogP contribution >= 0.6 is 15.9 Å². The van der Waals surface area contributed by atoms with E-state index in [0.29, 0.717) is 11.5 Å². The highest BCUT2D eigenvalue weighted by atomic mass is 79.9. The molecule has 0 aliphatic carbocycles. The van der Waals surface area contributed by atoms with E-state index in [9.17, 15) is 4.79 Å². The molecule has 0 aromatic heterocycles. The van der Waals surface area contributed by atoms with Crippen LogP contribution in [0.25, 0.3) is 0 Å². The van der Waals surface area contributed by atoms with Gasteiger partial charge in [-0.15, -0.1) is 0 Å². The van der Waals surface area contributed by atoms with Crippen LogP contribution in [0.15, 0.2) is 16.6 Å².